The van der Waals surface area contributed by atoms with Gasteiger partial charge in [0.15, 0.2) is 0 Å². The Morgan fingerprint density at radius 2 is 1.42 bits per heavy atom. The fraction of sp³-hybridized carbons (Fsp3) is 0.944. The Morgan fingerprint density at radius 1 is 0.895 bits per heavy atom. The van der Waals surface area contributed by atoms with Gasteiger partial charge in [-0.25, -0.2) is 0 Å². The zero-order valence-electron chi connectivity index (χ0n) is 12.6. The zero-order chi connectivity index (χ0) is 13.3. The second-order valence-corrected chi connectivity index (χ2v) is 7.79. The Balaban J connectivity index is 1.52. The molecule has 19 heavy (non-hydrogen) atoms. The van der Waals surface area contributed by atoms with Crippen LogP contribution in [0, 0.1) is 23.2 Å². The van der Waals surface area contributed by atoms with Gasteiger partial charge in [0.2, 0.25) is 0 Å². The van der Waals surface area contributed by atoms with Crippen LogP contribution < -0.4 is 0 Å². The van der Waals surface area contributed by atoms with Crippen LogP contribution in [0.5, 0.6) is 0 Å². The predicted molar refractivity (Wildman–Crippen MR) is 79.0 cm³/mol. The van der Waals surface area contributed by atoms with Crippen LogP contribution in [-0.4, -0.2) is 5.78 Å². The zero-order valence-corrected chi connectivity index (χ0v) is 12.6. The van der Waals surface area contributed by atoms with Crippen molar-refractivity contribution in [3.8, 4) is 0 Å². The van der Waals surface area contributed by atoms with Crippen molar-refractivity contribution in [3.05, 3.63) is 0 Å². The first-order valence-electron chi connectivity index (χ1n) is 8.75. The maximum atomic E-state index is 12.7. The molecule has 0 aromatic heterocycles. The number of unbranched alkanes of at least 4 members (excludes halogenated alkanes) is 4. The first-order valence-corrected chi connectivity index (χ1v) is 8.75. The van der Waals surface area contributed by atoms with E-state index in [0.29, 0.717) is 5.78 Å². The molecule has 4 fully saturated rings. The fourth-order valence-electron chi connectivity index (χ4n) is 5.61. The summed E-state index contributed by atoms with van der Waals surface area (Å²) < 4.78 is 0. The molecule has 4 saturated carbocycles. The molecular weight excluding hydrogens is 232 g/mol. The van der Waals surface area contributed by atoms with Gasteiger partial charge in [0, 0.05) is 11.8 Å². The Bertz CT molecular complexity index is 295. The second kappa shape index (κ2) is 5.58. The van der Waals surface area contributed by atoms with Crippen LogP contribution in [0.15, 0.2) is 0 Å². The van der Waals surface area contributed by atoms with E-state index in [0.717, 1.165) is 30.6 Å². The van der Waals surface area contributed by atoms with Crippen LogP contribution in [0.3, 0.4) is 0 Å². The second-order valence-electron chi connectivity index (χ2n) is 7.79. The molecule has 0 atom stereocenters. The third-order valence-electron chi connectivity index (χ3n) is 6.14. The molecule has 0 aliphatic heterocycles. The van der Waals surface area contributed by atoms with Gasteiger partial charge in [-0.2, -0.15) is 0 Å². The molecule has 0 N–H and O–H groups in total. The highest BCUT2D eigenvalue weighted by molar-refractivity contribution is 5.85. The number of hydrogen-bond donors (Lipinski definition) is 0. The van der Waals surface area contributed by atoms with Gasteiger partial charge in [-0.05, 0) is 62.7 Å². The third kappa shape index (κ3) is 2.76. The van der Waals surface area contributed by atoms with Gasteiger partial charge in [0.05, 0.1) is 0 Å². The summed E-state index contributed by atoms with van der Waals surface area (Å²) in [6.45, 7) is 2.25. The number of carbonyl (C=O) groups excluding carboxylic acids is 1. The van der Waals surface area contributed by atoms with Crippen molar-refractivity contribution in [2.24, 2.45) is 23.2 Å². The van der Waals surface area contributed by atoms with Gasteiger partial charge in [-0.3, -0.25) is 4.79 Å². The highest BCUT2D eigenvalue weighted by Gasteiger charge is 2.53. The average Bonchev–Trinajstić information content (AvgIpc) is 2.36. The monoisotopic (exact) mass is 262 g/mol. The van der Waals surface area contributed by atoms with E-state index in [9.17, 15) is 4.79 Å². The summed E-state index contributed by atoms with van der Waals surface area (Å²) in [5.74, 6) is 3.39. The number of carbonyl (C=O) groups is 1. The summed E-state index contributed by atoms with van der Waals surface area (Å²) in [5, 5.41) is 0. The van der Waals surface area contributed by atoms with Crippen molar-refractivity contribution < 1.29 is 4.79 Å². The van der Waals surface area contributed by atoms with Gasteiger partial charge in [0.1, 0.15) is 5.78 Å². The first kappa shape index (κ1) is 13.6. The molecule has 0 aromatic rings. The normalized spacial score (nSPS) is 39.7. The molecule has 1 heteroatoms. The van der Waals surface area contributed by atoms with E-state index < -0.39 is 0 Å². The van der Waals surface area contributed by atoms with Crippen LogP contribution in [0.4, 0.5) is 0 Å². The van der Waals surface area contributed by atoms with Gasteiger partial charge in [0.25, 0.3) is 0 Å². The molecule has 1 nitrogen and oxygen atoms in total. The topological polar surface area (TPSA) is 17.1 Å². The number of hydrogen-bond acceptors (Lipinski definition) is 1. The minimum Gasteiger partial charge on any atom is -0.299 e. The Hall–Kier alpha value is -0.330. The smallest absolute Gasteiger partial charge is 0.139 e. The standard InChI is InChI=1S/C18H30O/c1-2-3-4-5-6-7-17(19)18-11-14-8-15(12-18)10-16(9-14)13-18/h14-16H,2-13H2,1H3. The summed E-state index contributed by atoms with van der Waals surface area (Å²) in [4.78, 5) is 12.7. The van der Waals surface area contributed by atoms with Crippen LogP contribution >= 0.6 is 0 Å². The average molecular weight is 262 g/mol. The lowest BCUT2D eigenvalue weighted by Crippen LogP contribution is -2.49. The maximum absolute atomic E-state index is 12.7. The van der Waals surface area contributed by atoms with Crippen molar-refractivity contribution >= 4 is 5.78 Å². The van der Waals surface area contributed by atoms with E-state index in [1.807, 2.05) is 0 Å². The number of rotatable bonds is 7. The molecule has 4 bridgehead atoms. The van der Waals surface area contributed by atoms with Crippen molar-refractivity contribution in [1.82, 2.24) is 0 Å². The molecule has 4 aliphatic carbocycles. The first-order chi connectivity index (χ1) is 9.22. The summed E-state index contributed by atoms with van der Waals surface area (Å²) >= 11 is 0. The van der Waals surface area contributed by atoms with Crippen molar-refractivity contribution in [2.45, 2.75) is 84.0 Å². The van der Waals surface area contributed by atoms with Gasteiger partial charge in [-0.15, -0.1) is 0 Å². The highest BCUT2D eigenvalue weighted by atomic mass is 16.1. The molecular formula is C18H30O. The highest BCUT2D eigenvalue weighted by Crippen LogP contribution is 2.60. The molecule has 0 saturated heterocycles. The molecule has 0 amide bonds. The van der Waals surface area contributed by atoms with Crippen molar-refractivity contribution in [2.75, 3.05) is 0 Å². The fourth-order valence-corrected chi connectivity index (χ4v) is 5.61. The van der Waals surface area contributed by atoms with Crippen LogP contribution in [0.2, 0.25) is 0 Å². The van der Waals surface area contributed by atoms with Crippen LogP contribution in [-0.2, 0) is 4.79 Å². The van der Waals surface area contributed by atoms with E-state index in [1.54, 1.807) is 0 Å². The Kier molecular flexibility index (Phi) is 4.01. The lowest BCUT2D eigenvalue weighted by molar-refractivity contribution is -0.144. The van der Waals surface area contributed by atoms with Crippen LogP contribution in [0.25, 0.3) is 0 Å². The molecule has 0 radical (unpaired) electrons. The van der Waals surface area contributed by atoms with E-state index in [-0.39, 0.29) is 5.41 Å². The maximum Gasteiger partial charge on any atom is 0.139 e. The third-order valence-corrected chi connectivity index (χ3v) is 6.14. The molecule has 0 aromatic carbocycles. The molecule has 0 unspecified atom stereocenters. The lowest BCUT2D eigenvalue weighted by Gasteiger charge is -2.56. The molecule has 108 valence electrons. The minimum absolute atomic E-state index is 0.166. The molecule has 0 spiro atoms. The van der Waals surface area contributed by atoms with E-state index >= 15 is 0 Å². The van der Waals surface area contributed by atoms with E-state index in [2.05, 4.69) is 6.92 Å². The predicted octanol–water partition coefficient (Wildman–Crippen LogP) is 5.13. The summed E-state index contributed by atoms with van der Waals surface area (Å²) in [6.07, 6.45) is 15.4. The lowest BCUT2D eigenvalue weighted by atomic mass is 9.48. The van der Waals surface area contributed by atoms with Crippen molar-refractivity contribution in [3.63, 3.8) is 0 Å². The largest absolute Gasteiger partial charge is 0.299 e. The molecule has 4 rings (SSSR count). The Morgan fingerprint density at radius 3 is 1.95 bits per heavy atom. The summed E-state index contributed by atoms with van der Waals surface area (Å²) in [5.41, 5.74) is 0.166. The van der Waals surface area contributed by atoms with Gasteiger partial charge in [-0.1, -0.05) is 32.6 Å². The van der Waals surface area contributed by atoms with Crippen LogP contribution in [0.1, 0.15) is 84.0 Å². The van der Waals surface area contributed by atoms with Crippen molar-refractivity contribution in [1.29, 1.82) is 0 Å². The summed E-state index contributed by atoms with van der Waals surface area (Å²) in [6, 6.07) is 0. The number of Topliss-reactive ketones (excluding diaryl/α,β-unsaturated/α-hetero) is 1. The quantitative estimate of drug-likeness (QED) is 0.581. The Labute approximate surface area is 118 Å². The SMILES string of the molecule is CCCCCCCC(=O)C12CC3CC(CC(C3)C1)C2. The van der Waals surface area contributed by atoms with E-state index in [4.69, 9.17) is 0 Å². The molecule has 4 aliphatic rings. The molecule has 0 heterocycles. The van der Waals surface area contributed by atoms with E-state index in [1.165, 1.54) is 64.2 Å². The number of ketones is 1. The van der Waals surface area contributed by atoms with Gasteiger partial charge < -0.3 is 0 Å². The van der Waals surface area contributed by atoms with Gasteiger partial charge >= 0.3 is 0 Å². The summed E-state index contributed by atoms with van der Waals surface area (Å²) in [7, 11) is 0. The minimum atomic E-state index is 0.166.